The van der Waals surface area contributed by atoms with Gasteiger partial charge in [0.15, 0.2) is 0 Å². The largest absolute Gasteiger partial charge is 0.491 e. The smallest absolute Gasteiger partial charge is 0.237 e. The number of carbonyl (C=O) groups is 1. The van der Waals surface area contributed by atoms with E-state index in [9.17, 15) is 9.90 Å². The van der Waals surface area contributed by atoms with Crippen molar-refractivity contribution in [2.45, 2.75) is 38.8 Å². The predicted octanol–water partition coefficient (Wildman–Crippen LogP) is 1.40. The van der Waals surface area contributed by atoms with Crippen LogP contribution in [0.25, 0.3) is 0 Å². The van der Waals surface area contributed by atoms with Gasteiger partial charge in [0.1, 0.15) is 18.5 Å². The van der Waals surface area contributed by atoms with Crippen molar-refractivity contribution in [3.8, 4) is 5.75 Å². The molecule has 1 aromatic carbocycles. The summed E-state index contributed by atoms with van der Waals surface area (Å²) in [5.74, 6) is 0.472. The average Bonchev–Trinajstić information content (AvgIpc) is 2.42. The predicted molar refractivity (Wildman–Crippen MR) is 85.8 cm³/mol. The number of nitrogens with two attached hydrogens (primary N) is 1. The first-order chi connectivity index (χ1) is 9.52. The Morgan fingerprint density at radius 3 is 2.81 bits per heavy atom. The number of halogens is 1. The van der Waals surface area contributed by atoms with Crippen LogP contribution in [0.2, 0.25) is 0 Å². The lowest BCUT2D eigenvalue weighted by molar-refractivity contribution is -0.123. The number of aryl methyl sites for hydroxylation is 1. The van der Waals surface area contributed by atoms with Gasteiger partial charge < -0.3 is 20.9 Å². The number of aliphatic hydroxyl groups is 1. The van der Waals surface area contributed by atoms with E-state index < -0.39 is 12.1 Å². The van der Waals surface area contributed by atoms with Gasteiger partial charge in [-0.25, -0.2) is 0 Å². The van der Waals surface area contributed by atoms with Crippen LogP contribution in [0.1, 0.15) is 25.3 Å². The minimum Gasteiger partial charge on any atom is -0.491 e. The second-order valence-electron chi connectivity index (χ2n) is 4.92. The standard InChI is InChI=1S/C15H24N2O3.ClH/c1-3-5-14(16)15(19)17-9-12(18)10-20-13-7-4-6-11(2)8-13;/h4,6-8,12,14,18H,3,5,9-10,16H2,1-2H3,(H,17,19);1H. The van der Waals surface area contributed by atoms with E-state index in [1.54, 1.807) is 0 Å². The number of rotatable bonds is 8. The van der Waals surface area contributed by atoms with Crippen LogP contribution in [-0.2, 0) is 4.79 Å². The first kappa shape index (κ1) is 19.7. The molecule has 0 saturated carbocycles. The van der Waals surface area contributed by atoms with Gasteiger partial charge in [0.25, 0.3) is 0 Å². The van der Waals surface area contributed by atoms with Crippen LogP contribution in [0.15, 0.2) is 24.3 Å². The molecular weight excluding hydrogens is 292 g/mol. The van der Waals surface area contributed by atoms with Gasteiger partial charge in [0.2, 0.25) is 5.91 Å². The van der Waals surface area contributed by atoms with E-state index >= 15 is 0 Å². The molecule has 0 aliphatic heterocycles. The Hall–Kier alpha value is -1.30. The maximum Gasteiger partial charge on any atom is 0.237 e. The Kier molecular flexibility index (Phi) is 9.78. The third-order valence-electron chi connectivity index (χ3n) is 2.88. The Morgan fingerprint density at radius 1 is 1.48 bits per heavy atom. The van der Waals surface area contributed by atoms with Gasteiger partial charge in [0.05, 0.1) is 6.04 Å². The highest BCUT2D eigenvalue weighted by Crippen LogP contribution is 2.12. The van der Waals surface area contributed by atoms with Crippen molar-refractivity contribution in [1.82, 2.24) is 5.32 Å². The Balaban J connectivity index is 0.00000400. The maximum atomic E-state index is 11.6. The van der Waals surface area contributed by atoms with Crippen LogP contribution < -0.4 is 15.8 Å². The summed E-state index contributed by atoms with van der Waals surface area (Å²) in [7, 11) is 0. The monoisotopic (exact) mass is 316 g/mol. The lowest BCUT2D eigenvalue weighted by Crippen LogP contribution is -2.44. The van der Waals surface area contributed by atoms with E-state index in [1.165, 1.54) is 0 Å². The van der Waals surface area contributed by atoms with Gasteiger partial charge in [-0.3, -0.25) is 4.79 Å². The Bertz CT molecular complexity index is 429. The third-order valence-corrected chi connectivity index (χ3v) is 2.88. The number of hydrogen-bond donors (Lipinski definition) is 3. The maximum absolute atomic E-state index is 11.6. The highest BCUT2D eigenvalue weighted by atomic mass is 35.5. The van der Waals surface area contributed by atoms with Gasteiger partial charge in [0, 0.05) is 6.54 Å². The fourth-order valence-corrected chi connectivity index (χ4v) is 1.75. The van der Waals surface area contributed by atoms with Gasteiger partial charge in [-0.1, -0.05) is 25.5 Å². The first-order valence-electron chi connectivity index (χ1n) is 6.93. The van der Waals surface area contributed by atoms with E-state index in [-0.39, 0.29) is 31.5 Å². The van der Waals surface area contributed by atoms with Crippen molar-refractivity contribution < 1.29 is 14.6 Å². The molecule has 1 aromatic rings. The molecule has 0 aromatic heterocycles. The second kappa shape index (κ2) is 10.4. The molecule has 0 spiro atoms. The number of benzene rings is 1. The zero-order valence-corrected chi connectivity index (χ0v) is 13.4. The number of nitrogens with one attached hydrogen (secondary N) is 1. The molecule has 0 radical (unpaired) electrons. The summed E-state index contributed by atoms with van der Waals surface area (Å²) in [6, 6.07) is 7.07. The number of ether oxygens (including phenoxy) is 1. The third kappa shape index (κ3) is 7.90. The lowest BCUT2D eigenvalue weighted by Gasteiger charge is -2.15. The SMILES string of the molecule is CCCC(N)C(=O)NCC(O)COc1cccc(C)c1.Cl. The molecular formula is C15H25ClN2O3. The number of aliphatic hydroxyl groups excluding tert-OH is 1. The van der Waals surface area contributed by atoms with Gasteiger partial charge in [-0.05, 0) is 31.0 Å². The van der Waals surface area contributed by atoms with Crippen LogP contribution >= 0.6 is 12.4 Å². The molecule has 120 valence electrons. The van der Waals surface area contributed by atoms with E-state index in [2.05, 4.69) is 5.32 Å². The summed E-state index contributed by atoms with van der Waals surface area (Å²) >= 11 is 0. The van der Waals surface area contributed by atoms with Crippen molar-refractivity contribution in [2.24, 2.45) is 5.73 Å². The number of amides is 1. The van der Waals surface area contributed by atoms with Crippen molar-refractivity contribution >= 4 is 18.3 Å². The molecule has 5 nitrogen and oxygen atoms in total. The topological polar surface area (TPSA) is 84.6 Å². The van der Waals surface area contributed by atoms with Crippen LogP contribution in [0.4, 0.5) is 0 Å². The molecule has 1 amide bonds. The normalized spacial score (nSPS) is 13.0. The summed E-state index contributed by atoms with van der Waals surface area (Å²) in [6.07, 6.45) is 0.739. The fourth-order valence-electron chi connectivity index (χ4n) is 1.75. The van der Waals surface area contributed by atoms with E-state index in [4.69, 9.17) is 10.5 Å². The molecule has 0 bridgehead atoms. The molecule has 1 rings (SSSR count). The van der Waals surface area contributed by atoms with Crippen LogP contribution in [0.3, 0.4) is 0 Å². The lowest BCUT2D eigenvalue weighted by atomic mass is 10.1. The quantitative estimate of drug-likeness (QED) is 0.677. The average molecular weight is 317 g/mol. The highest BCUT2D eigenvalue weighted by Gasteiger charge is 2.13. The Morgan fingerprint density at radius 2 is 2.19 bits per heavy atom. The molecule has 21 heavy (non-hydrogen) atoms. The van der Waals surface area contributed by atoms with Crippen LogP contribution in [0, 0.1) is 6.92 Å². The molecule has 0 saturated heterocycles. The van der Waals surface area contributed by atoms with Gasteiger partial charge >= 0.3 is 0 Å². The summed E-state index contributed by atoms with van der Waals surface area (Å²) in [4.78, 5) is 11.6. The Labute approximate surface area is 132 Å². The zero-order chi connectivity index (χ0) is 15.0. The van der Waals surface area contributed by atoms with Crippen molar-refractivity contribution in [3.05, 3.63) is 29.8 Å². The molecule has 0 aliphatic rings. The summed E-state index contributed by atoms with van der Waals surface area (Å²) in [6.45, 7) is 4.21. The molecule has 0 heterocycles. The van der Waals surface area contributed by atoms with Crippen LogP contribution in [-0.4, -0.2) is 36.3 Å². The van der Waals surface area contributed by atoms with E-state index in [0.717, 1.165) is 12.0 Å². The molecule has 0 fully saturated rings. The van der Waals surface area contributed by atoms with Gasteiger partial charge in [-0.15, -0.1) is 12.4 Å². The zero-order valence-electron chi connectivity index (χ0n) is 12.5. The summed E-state index contributed by atoms with van der Waals surface area (Å²) in [5.41, 5.74) is 6.76. The first-order valence-corrected chi connectivity index (χ1v) is 6.93. The highest BCUT2D eigenvalue weighted by molar-refractivity contribution is 5.85. The molecule has 6 heteroatoms. The molecule has 2 atom stereocenters. The minimum absolute atomic E-state index is 0. The fraction of sp³-hybridized carbons (Fsp3) is 0.533. The van der Waals surface area contributed by atoms with Crippen molar-refractivity contribution in [2.75, 3.05) is 13.2 Å². The molecule has 4 N–H and O–H groups in total. The van der Waals surface area contributed by atoms with Crippen molar-refractivity contribution in [1.29, 1.82) is 0 Å². The summed E-state index contributed by atoms with van der Waals surface area (Å²) in [5, 5.41) is 12.4. The van der Waals surface area contributed by atoms with Gasteiger partial charge in [-0.2, -0.15) is 0 Å². The van der Waals surface area contributed by atoms with Crippen molar-refractivity contribution in [3.63, 3.8) is 0 Å². The number of hydrogen-bond acceptors (Lipinski definition) is 4. The van der Waals surface area contributed by atoms with E-state index in [1.807, 2.05) is 38.1 Å². The summed E-state index contributed by atoms with van der Waals surface area (Å²) < 4.78 is 5.46. The second-order valence-corrected chi connectivity index (χ2v) is 4.92. The van der Waals surface area contributed by atoms with E-state index in [0.29, 0.717) is 12.2 Å². The molecule has 0 aliphatic carbocycles. The van der Waals surface area contributed by atoms with Crippen LogP contribution in [0.5, 0.6) is 5.75 Å². The minimum atomic E-state index is -0.756. The molecule has 2 unspecified atom stereocenters. The number of carbonyl (C=O) groups excluding carboxylic acids is 1.